The van der Waals surface area contributed by atoms with Crippen LogP contribution in [-0.2, 0) is 20.1 Å². The van der Waals surface area contributed by atoms with Gasteiger partial charge in [-0.1, -0.05) is 151 Å². The molecular formula is C47H51F6IrN2P2-. The number of hydrogen-bond acceptors (Lipinski definition) is 0. The summed E-state index contributed by atoms with van der Waals surface area (Å²) in [7, 11) is -11.1. The average molecular weight is 1010 g/mol. The fourth-order valence-corrected chi connectivity index (χ4v) is 9.01. The molecule has 0 saturated carbocycles. The third-order valence-corrected chi connectivity index (χ3v) is 11.2. The number of rotatable bonds is 5. The molecule has 11 heteroatoms. The molecule has 7 rings (SSSR count). The molecule has 0 saturated heterocycles. The molecule has 6 aromatic rings. The summed E-state index contributed by atoms with van der Waals surface area (Å²) >= 11 is 0. The van der Waals surface area contributed by atoms with E-state index in [1.807, 2.05) is 0 Å². The molecule has 311 valence electrons. The summed E-state index contributed by atoms with van der Waals surface area (Å²) in [5, 5.41) is 4.19. The molecule has 0 atom stereocenters. The Balaban J connectivity index is 0.000000230. The molecule has 1 aliphatic carbocycles. The minimum atomic E-state index is -10.7. The maximum Gasteiger partial charge on any atom is 0 e. The SMILES string of the molecule is C1=C\CC/C=C\CC/1.Cc1cc(C)c(-n2[c-][n+](-c3c(C)cc(C)cc3C)cc2)c(C)c1.F[P-](F)(F)(F)(F)F.[Ir].c1ccc(P(c2ccccc2)c2ccccc2)cc1. The standard InChI is InChI=1S/C21H24N2.C18H15P.C8H12.F6P.Ir/c1-14-9-16(3)20(17(4)10-14)22-7-8-23(13-22)21-18(5)11-15(2)12-19(21)6;1-4-10-16(11-5-1)19(17-12-6-2-7-13-17)18-14-8-3-9-15-18;1-2-4-6-8-7-5-3-1;1-7(2,3,4,5)6;/h7-12H,1-6H3;1-15H;1-2,7-8H,3-6H2;;/q;;;-1;/b;;2-1-,8-7-;;. The van der Waals surface area contributed by atoms with E-state index in [9.17, 15) is 25.2 Å². The maximum absolute atomic E-state index is 10.7. The predicted molar refractivity (Wildman–Crippen MR) is 230 cm³/mol. The maximum atomic E-state index is 9.87. The van der Waals surface area contributed by atoms with Gasteiger partial charge < -0.3 is 0 Å². The van der Waals surface area contributed by atoms with E-state index >= 15 is 0 Å². The van der Waals surface area contributed by atoms with Crippen molar-refractivity contribution in [1.29, 1.82) is 0 Å². The van der Waals surface area contributed by atoms with E-state index in [0.717, 1.165) is 0 Å². The number of aromatic nitrogens is 2. The van der Waals surface area contributed by atoms with Crippen molar-refractivity contribution in [3.63, 3.8) is 0 Å². The number of aryl methyl sites for hydroxylation is 6. The van der Waals surface area contributed by atoms with Crippen molar-refractivity contribution in [2.45, 2.75) is 67.2 Å². The molecule has 2 nitrogen and oxygen atoms in total. The second-order valence-corrected chi connectivity index (χ2v) is 18.2. The molecule has 58 heavy (non-hydrogen) atoms. The summed E-state index contributed by atoms with van der Waals surface area (Å²) in [6.45, 7) is 12.9. The summed E-state index contributed by atoms with van der Waals surface area (Å²) in [5.74, 6) is 0. The smallest absolute Gasteiger partial charge is 0 e. The van der Waals surface area contributed by atoms with Crippen molar-refractivity contribution in [1.82, 2.24) is 4.57 Å². The second-order valence-electron chi connectivity index (χ2n) is 14.0. The van der Waals surface area contributed by atoms with Crippen molar-refractivity contribution in [2.24, 2.45) is 0 Å². The quantitative estimate of drug-likeness (QED) is 0.0535. The molecule has 0 unspecified atom stereocenters. The minimum absolute atomic E-state index is 0. The van der Waals surface area contributed by atoms with Crippen molar-refractivity contribution >= 4 is 31.6 Å². The Labute approximate surface area is 354 Å². The molecule has 0 amide bonds. The van der Waals surface area contributed by atoms with Crippen LogP contribution < -0.4 is 20.5 Å². The van der Waals surface area contributed by atoms with Crippen LogP contribution in [0.25, 0.3) is 11.4 Å². The second kappa shape index (κ2) is 20.7. The van der Waals surface area contributed by atoms with Crippen LogP contribution in [0.1, 0.15) is 59.1 Å². The average Bonchev–Trinajstić information content (AvgIpc) is 3.57. The zero-order valence-electron chi connectivity index (χ0n) is 33.7. The molecular weight excluding hydrogens is 961 g/mol. The molecule has 0 bridgehead atoms. The molecule has 1 aromatic heterocycles. The van der Waals surface area contributed by atoms with Crippen LogP contribution in [0.2, 0.25) is 0 Å². The zero-order chi connectivity index (χ0) is 41.7. The van der Waals surface area contributed by atoms with Gasteiger partial charge >= 0.3 is 33.0 Å². The third-order valence-electron chi connectivity index (χ3n) is 8.71. The van der Waals surface area contributed by atoms with Gasteiger partial charge in [0.05, 0.1) is 11.4 Å². The van der Waals surface area contributed by atoms with Crippen molar-refractivity contribution in [2.75, 3.05) is 0 Å². The van der Waals surface area contributed by atoms with Gasteiger partial charge in [0.25, 0.3) is 6.33 Å². The van der Waals surface area contributed by atoms with Crippen LogP contribution >= 0.6 is 15.7 Å². The van der Waals surface area contributed by atoms with Crippen LogP contribution in [0.3, 0.4) is 0 Å². The summed E-state index contributed by atoms with van der Waals surface area (Å²) in [5.41, 5.74) is 10.1. The fraction of sp³-hybridized carbons (Fsp3) is 0.213. The van der Waals surface area contributed by atoms with Gasteiger partial charge in [-0.15, -0.1) is 0 Å². The first-order chi connectivity index (χ1) is 26.8. The van der Waals surface area contributed by atoms with E-state index in [1.54, 1.807) is 0 Å². The Morgan fingerprint density at radius 2 is 0.828 bits per heavy atom. The number of hydrogen-bond donors (Lipinski definition) is 0. The number of nitrogens with zero attached hydrogens (tertiary/aromatic N) is 2. The Hall–Kier alpha value is -4.12. The Morgan fingerprint density at radius 3 is 1.16 bits per heavy atom. The first kappa shape index (κ1) is 48.2. The molecule has 0 aliphatic heterocycles. The Morgan fingerprint density at radius 1 is 0.517 bits per heavy atom. The van der Waals surface area contributed by atoms with Gasteiger partial charge in [-0.3, -0.25) is 9.13 Å². The predicted octanol–water partition coefficient (Wildman–Crippen LogP) is 13.9. The molecule has 1 radical (unpaired) electrons. The number of imidazole rings is 1. The van der Waals surface area contributed by atoms with E-state index in [2.05, 4.69) is 209 Å². The largest absolute Gasteiger partial charge is 0.0622 e. The summed E-state index contributed by atoms with van der Waals surface area (Å²) < 4.78 is 63.4. The van der Waals surface area contributed by atoms with Gasteiger partial charge in [0.1, 0.15) is 0 Å². The number of allylic oxidation sites excluding steroid dienone is 4. The fourth-order valence-electron chi connectivity index (χ4n) is 6.70. The third kappa shape index (κ3) is 17.0. The Bertz CT molecular complexity index is 2010. The van der Waals surface area contributed by atoms with Gasteiger partial charge in [0, 0.05) is 32.5 Å². The minimum Gasteiger partial charge on any atom is -0.0622 e. The summed E-state index contributed by atoms with van der Waals surface area (Å²) in [6, 6.07) is 41.2. The van der Waals surface area contributed by atoms with Gasteiger partial charge in [-0.25, -0.2) is 0 Å². The van der Waals surface area contributed by atoms with E-state index in [1.165, 1.54) is 86.4 Å². The van der Waals surface area contributed by atoms with Gasteiger partial charge in [0.2, 0.25) is 0 Å². The van der Waals surface area contributed by atoms with Gasteiger partial charge in [-0.2, -0.15) is 0 Å². The van der Waals surface area contributed by atoms with E-state index in [-0.39, 0.29) is 20.1 Å². The molecule has 5 aromatic carbocycles. The molecule has 0 fully saturated rings. The van der Waals surface area contributed by atoms with Crippen LogP contribution in [0, 0.1) is 47.9 Å². The van der Waals surface area contributed by atoms with Gasteiger partial charge in [0.15, 0.2) is 0 Å². The van der Waals surface area contributed by atoms with Crippen molar-refractivity contribution < 1.29 is 49.9 Å². The monoisotopic (exact) mass is 1010 g/mol. The zero-order valence-corrected chi connectivity index (χ0v) is 37.8. The van der Waals surface area contributed by atoms with Crippen LogP contribution in [0.15, 0.2) is 152 Å². The van der Waals surface area contributed by atoms with Crippen molar-refractivity contribution in [3.8, 4) is 11.4 Å². The summed E-state index contributed by atoms with van der Waals surface area (Å²) in [4.78, 5) is 0. The first-order valence-corrected chi connectivity index (χ1v) is 22.1. The first-order valence-electron chi connectivity index (χ1n) is 18.8. The van der Waals surface area contributed by atoms with Crippen molar-refractivity contribution in [3.05, 3.63) is 192 Å². The van der Waals surface area contributed by atoms with Crippen LogP contribution in [0.5, 0.6) is 0 Å². The van der Waals surface area contributed by atoms with E-state index in [0.29, 0.717) is 0 Å². The van der Waals surface area contributed by atoms with Crippen LogP contribution in [0.4, 0.5) is 25.2 Å². The summed E-state index contributed by atoms with van der Waals surface area (Å²) in [6.07, 6.45) is 21.7. The molecule has 0 spiro atoms. The van der Waals surface area contributed by atoms with E-state index in [4.69, 9.17) is 0 Å². The van der Waals surface area contributed by atoms with Crippen LogP contribution in [-0.4, -0.2) is 4.57 Å². The molecule has 1 aliphatic rings. The number of halogens is 6. The topological polar surface area (TPSA) is 8.81 Å². The molecule has 0 N–H and O–H groups in total. The van der Waals surface area contributed by atoms with Gasteiger partial charge in [-0.05, 0) is 113 Å². The normalized spacial score (nSPS) is 14.5. The number of benzene rings is 5. The Kier molecular flexibility index (Phi) is 17.2. The van der Waals surface area contributed by atoms with E-state index < -0.39 is 15.7 Å². The molecule has 1 heterocycles.